The molecule has 2 heterocycles. The van der Waals surface area contributed by atoms with Crippen molar-refractivity contribution < 1.29 is 14.4 Å². The summed E-state index contributed by atoms with van der Waals surface area (Å²) < 4.78 is 0. The van der Waals surface area contributed by atoms with Gasteiger partial charge in [0.15, 0.2) is 5.69 Å². The van der Waals surface area contributed by atoms with Crippen LogP contribution in [0.4, 0.5) is 10.5 Å². The van der Waals surface area contributed by atoms with Gasteiger partial charge in [0, 0.05) is 24.5 Å². The zero-order chi connectivity index (χ0) is 22.8. The Morgan fingerprint density at radius 2 is 1.85 bits per heavy atom. The summed E-state index contributed by atoms with van der Waals surface area (Å²) in [5.74, 6) is -0.239. The van der Waals surface area contributed by atoms with Crippen LogP contribution in [-0.4, -0.2) is 40.9 Å². The standard InChI is InChI=1S/C25H23N5O3/c1-26-24(31)23-20-11-10-18(15-21(20)28-29-23)17-8-5-9-19(14-17)27-25(32)30-22(12-13-33-30)16-6-3-2-4-7-16/h2-11,14-15,22H,12-13H2,1H3,(H,26,31)(H,27,32)(H,28,29). The van der Waals surface area contributed by atoms with Crippen LogP contribution in [0.3, 0.4) is 0 Å². The minimum atomic E-state index is -0.308. The Morgan fingerprint density at radius 1 is 1.03 bits per heavy atom. The summed E-state index contributed by atoms with van der Waals surface area (Å²) in [6, 6.07) is 22.8. The van der Waals surface area contributed by atoms with Gasteiger partial charge in [-0.05, 0) is 41.0 Å². The van der Waals surface area contributed by atoms with Gasteiger partial charge in [-0.3, -0.25) is 14.7 Å². The molecule has 8 heteroatoms. The summed E-state index contributed by atoms with van der Waals surface area (Å²) in [5, 5.41) is 14.7. The Bertz CT molecular complexity index is 1320. The number of benzene rings is 3. The van der Waals surface area contributed by atoms with Crippen LogP contribution in [-0.2, 0) is 4.84 Å². The fourth-order valence-corrected chi connectivity index (χ4v) is 4.09. The molecule has 33 heavy (non-hydrogen) atoms. The Morgan fingerprint density at radius 3 is 2.67 bits per heavy atom. The quantitative estimate of drug-likeness (QED) is 0.434. The van der Waals surface area contributed by atoms with Gasteiger partial charge >= 0.3 is 6.03 Å². The van der Waals surface area contributed by atoms with Crippen molar-refractivity contribution in [2.24, 2.45) is 0 Å². The van der Waals surface area contributed by atoms with Crippen molar-refractivity contribution in [3.8, 4) is 11.1 Å². The van der Waals surface area contributed by atoms with E-state index in [0.29, 0.717) is 18.0 Å². The fourth-order valence-electron chi connectivity index (χ4n) is 4.09. The van der Waals surface area contributed by atoms with E-state index in [1.54, 1.807) is 7.05 Å². The number of carbonyl (C=O) groups excluding carboxylic acids is 2. The third kappa shape index (κ3) is 4.04. The molecule has 1 fully saturated rings. The molecular weight excluding hydrogens is 418 g/mol. The van der Waals surface area contributed by atoms with Crippen molar-refractivity contribution in [1.82, 2.24) is 20.6 Å². The highest BCUT2D eigenvalue weighted by Crippen LogP contribution is 2.31. The summed E-state index contributed by atoms with van der Waals surface area (Å²) in [6.07, 6.45) is 0.750. The van der Waals surface area contributed by atoms with E-state index in [9.17, 15) is 9.59 Å². The number of rotatable bonds is 4. The number of urea groups is 1. The molecule has 3 amide bonds. The normalized spacial score (nSPS) is 15.5. The van der Waals surface area contributed by atoms with Crippen LogP contribution in [0.25, 0.3) is 22.0 Å². The predicted molar refractivity (Wildman–Crippen MR) is 126 cm³/mol. The van der Waals surface area contributed by atoms with Crippen LogP contribution >= 0.6 is 0 Å². The molecule has 0 radical (unpaired) electrons. The van der Waals surface area contributed by atoms with Crippen LogP contribution < -0.4 is 10.6 Å². The van der Waals surface area contributed by atoms with E-state index in [-0.39, 0.29) is 18.0 Å². The lowest BCUT2D eigenvalue weighted by molar-refractivity contribution is -0.0829. The van der Waals surface area contributed by atoms with Gasteiger partial charge in [0.2, 0.25) is 0 Å². The number of aromatic amines is 1. The van der Waals surface area contributed by atoms with E-state index in [0.717, 1.165) is 34.0 Å². The number of amides is 3. The summed E-state index contributed by atoms with van der Waals surface area (Å²) in [6.45, 7) is 0.495. The molecule has 0 aliphatic carbocycles. The van der Waals surface area contributed by atoms with Crippen LogP contribution in [0, 0.1) is 0 Å². The third-order valence-electron chi connectivity index (χ3n) is 5.74. The first-order valence-corrected chi connectivity index (χ1v) is 10.7. The lowest BCUT2D eigenvalue weighted by Crippen LogP contribution is -2.33. The molecular formula is C25H23N5O3. The van der Waals surface area contributed by atoms with Gasteiger partial charge in [-0.1, -0.05) is 48.5 Å². The number of hydroxylamine groups is 2. The minimum absolute atomic E-state index is 0.119. The summed E-state index contributed by atoms with van der Waals surface area (Å²) in [5.41, 5.74) is 4.69. The highest BCUT2D eigenvalue weighted by Gasteiger charge is 2.31. The zero-order valence-electron chi connectivity index (χ0n) is 18.0. The van der Waals surface area contributed by atoms with Crippen LogP contribution in [0.1, 0.15) is 28.5 Å². The Kier molecular flexibility index (Phi) is 5.50. The second-order valence-corrected chi connectivity index (χ2v) is 7.80. The largest absolute Gasteiger partial charge is 0.354 e. The van der Waals surface area contributed by atoms with Gasteiger partial charge in [-0.25, -0.2) is 4.79 Å². The average Bonchev–Trinajstić information content (AvgIpc) is 3.51. The van der Waals surface area contributed by atoms with E-state index in [2.05, 4.69) is 20.8 Å². The molecule has 4 aromatic rings. The lowest BCUT2D eigenvalue weighted by Gasteiger charge is -2.23. The van der Waals surface area contributed by atoms with E-state index in [1.807, 2.05) is 72.8 Å². The average molecular weight is 441 g/mol. The maximum atomic E-state index is 13.0. The van der Waals surface area contributed by atoms with Gasteiger partial charge in [0.05, 0.1) is 18.2 Å². The molecule has 1 unspecified atom stereocenters. The van der Waals surface area contributed by atoms with E-state index in [4.69, 9.17) is 4.84 Å². The number of anilines is 1. The van der Waals surface area contributed by atoms with Crippen molar-refractivity contribution in [3.63, 3.8) is 0 Å². The molecule has 0 bridgehead atoms. The van der Waals surface area contributed by atoms with Gasteiger partial charge in [0.25, 0.3) is 5.91 Å². The maximum absolute atomic E-state index is 13.0. The molecule has 1 aromatic heterocycles. The molecule has 3 aromatic carbocycles. The molecule has 3 N–H and O–H groups in total. The Hall–Kier alpha value is -4.17. The predicted octanol–water partition coefficient (Wildman–Crippen LogP) is 4.50. The first-order chi connectivity index (χ1) is 16.1. The second-order valence-electron chi connectivity index (χ2n) is 7.80. The minimum Gasteiger partial charge on any atom is -0.354 e. The lowest BCUT2D eigenvalue weighted by atomic mass is 10.0. The number of H-pyrrole nitrogens is 1. The molecule has 1 aliphatic heterocycles. The first kappa shape index (κ1) is 20.7. The van der Waals surface area contributed by atoms with E-state index >= 15 is 0 Å². The zero-order valence-corrected chi connectivity index (χ0v) is 18.0. The van der Waals surface area contributed by atoms with E-state index < -0.39 is 0 Å². The Labute approximate surface area is 190 Å². The summed E-state index contributed by atoms with van der Waals surface area (Å²) in [4.78, 5) is 30.5. The molecule has 0 saturated carbocycles. The van der Waals surface area contributed by atoms with Crippen molar-refractivity contribution in [1.29, 1.82) is 0 Å². The van der Waals surface area contributed by atoms with Gasteiger partial charge < -0.3 is 10.6 Å². The number of hydrogen-bond acceptors (Lipinski definition) is 4. The highest BCUT2D eigenvalue weighted by atomic mass is 16.7. The summed E-state index contributed by atoms with van der Waals surface area (Å²) >= 11 is 0. The fraction of sp³-hybridized carbons (Fsp3) is 0.160. The number of nitrogens with one attached hydrogen (secondary N) is 3. The van der Waals surface area contributed by atoms with Crippen molar-refractivity contribution in [2.45, 2.75) is 12.5 Å². The molecule has 1 atom stereocenters. The van der Waals surface area contributed by atoms with Crippen LogP contribution in [0.5, 0.6) is 0 Å². The number of carbonyl (C=O) groups is 2. The monoisotopic (exact) mass is 441 g/mol. The second kappa shape index (κ2) is 8.76. The van der Waals surface area contributed by atoms with E-state index in [1.165, 1.54) is 5.06 Å². The van der Waals surface area contributed by atoms with Crippen molar-refractivity contribution >= 4 is 28.5 Å². The topological polar surface area (TPSA) is 99.3 Å². The molecule has 1 saturated heterocycles. The number of fused-ring (bicyclic) bond motifs is 1. The third-order valence-corrected chi connectivity index (χ3v) is 5.74. The van der Waals surface area contributed by atoms with Crippen LogP contribution in [0.15, 0.2) is 72.8 Å². The molecule has 5 rings (SSSR count). The maximum Gasteiger partial charge on any atom is 0.346 e. The van der Waals surface area contributed by atoms with Crippen LogP contribution in [0.2, 0.25) is 0 Å². The van der Waals surface area contributed by atoms with Gasteiger partial charge in [-0.2, -0.15) is 10.2 Å². The smallest absolute Gasteiger partial charge is 0.346 e. The van der Waals surface area contributed by atoms with Crippen molar-refractivity contribution in [2.75, 3.05) is 19.0 Å². The number of hydrogen-bond donors (Lipinski definition) is 3. The Balaban J connectivity index is 1.36. The molecule has 8 nitrogen and oxygen atoms in total. The van der Waals surface area contributed by atoms with Gasteiger partial charge in [0.1, 0.15) is 0 Å². The highest BCUT2D eigenvalue weighted by molar-refractivity contribution is 6.05. The SMILES string of the molecule is CNC(=O)c1n[nH]c2cc(-c3cccc(NC(=O)N4OCCC4c4ccccc4)c3)ccc12. The molecule has 1 aliphatic rings. The molecule has 166 valence electrons. The van der Waals surface area contributed by atoms with Crippen molar-refractivity contribution in [3.05, 3.63) is 84.1 Å². The molecule has 0 spiro atoms. The summed E-state index contributed by atoms with van der Waals surface area (Å²) in [7, 11) is 1.58. The number of aromatic nitrogens is 2. The van der Waals surface area contributed by atoms with Gasteiger partial charge in [-0.15, -0.1) is 0 Å². The first-order valence-electron chi connectivity index (χ1n) is 10.7. The number of nitrogens with zero attached hydrogens (tertiary/aromatic N) is 2.